The Bertz CT molecular complexity index is 1380. The second kappa shape index (κ2) is 9.29. The Labute approximate surface area is 206 Å². The molecule has 7 nitrogen and oxygen atoms in total. The molecule has 3 aromatic rings. The first-order valence-electron chi connectivity index (χ1n) is 12.0. The number of hydrogen-bond donors (Lipinski definition) is 0. The number of aromatic nitrogens is 2. The first-order valence-corrected chi connectivity index (χ1v) is 12.0. The van der Waals surface area contributed by atoms with Crippen LogP contribution in [0.1, 0.15) is 65.0 Å². The monoisotopic (exact) mass is 493 g/mol. The normalized spacial score (nSPS) is 17.2. The van der Waals surface area contributed by atoms with E-state index in [2.05, 4.69) is 5.10 Å². The molecule has 2 aromatic carbocycles. The van der Waals surface area contributed by atoms with Gasteiger partial charge >= 0.3 is 5.97 Å². The van der Waals surface area contributed by atoms with Gasteiger partial charge in [-0.2, -0.15) is 5.10 Å². The molecule has 1 aliphatic heterocycles. The lowest BCUT2D eigenvalue weighted by atomic mass is 9.81. The third-order valence-corrected chi connectivity index (χ3v) is 6.91. The van der Waals surface area contributed by atoms with Gasteiger partial charge in [0.2, 0.25) is 11.2 Å². The lowest BCUT2D eigenvalue weighted by molar-refractivity contribution is -0.132. The molecule has 0 N–H and O–H groups in total. The van der Waals surface area contributed by atoms with Crippen LogP contribution in [-0.4, -0.2) is 39.6 Å². The molecule has 0 saturated heterocycles. The van der Waals surface area contributed by atoms with Crippen molar-refractivity contribution in [2.24, 2.45) is 0 Å². The summed E-state index contributed by atoms with van der Waals surface area (Å²) in [5.41, 5.74) is 1.49. The number of carbonyl (C=O) groups excluding carboxylic acids is 2. The average Bonchev–Trinajstić information content (AvgIpc) is 3.01. The maximum Gasteiger partial charge on any atom is 0.308 e. The minimum Gasteiger partial charge on any atom is -0.420 e. The molecule has 0 saturated carbocycles. The zero-order valence-corrected chi connectivity index (χ0v) is 20.0. The Hall–Kier alpha value is -3.88. The van der Waals surface area contributed by atoms with E-state index in [4.69, 9.17) is 4.74 Å². The van der Waals surface area contributed by atoms with Crippen molar-refractivity contribution in [1.29, 1.82) is 0 Å². The van der Waals surface area contributed by atoms with Crippen LogP contribution < -0.4 is 10.2 Å². The van der Waals surface area contributed by atoms with E-state index in [1.807, 2.05) is 19.1 Å². The molecule has 1 atom stereocenters. The third kappa shape index (κ3) is 3.88. The highest BCUT2D eigenvalue weighted by Gasteiger charge is 2.42. The molecular weight excluding hydrogens is 468 g/mol. The Morgan fingerprint density at radius 2 is 1.67 bits per heavy atom. The number of halogens is 2. The second-order valence-electron chi connectivity index (χ2n) is 9.14. The van der Waals surface area contributed by atoms with E-state index in [1.165, 1.54) is 16.8 Å². The van der Waals surface area contributed by atoms with Gasteiger partial charge in [-0.25, -0.2) is 8.78 Å². The zero-order valence-electron chi connectivity index (χ0n) is 20.0. The summed E-state index contributed by atoms with van der Waals surface area (Å²) in [7, 11) is 0. The van der Waals surface area contributed by atoms with Gasteiger partial charge in [-0.05, 0) is 53.6 Å². The predicted molar refractivity (Wildman–Crippen MR) is 127 cm³/mol. The molecule has 0 bridgehead atoms. The molecular formula is C27H25F2N3O4. The molecule has 0 spiro atoms. The van der Waals surface area contributed by atoms with E-state index in [-0.39, 0.29) is 29.6 Å². The summed E-state index contributed by atoms with van der Waals surface area (Å²) in [5.74, 6) is -2.95. The van der Waals surface area contributed by atoms with E-state index < -0.39 is 29.3 Å². The second-order valence-corrected chi connectivity index (χ2v) is 9.14. The predicted octanol–water partition coefficient (Wildman–Crippen LogP) is 3.78. The molecule has 0 fully saturated rings. The van der Waals surface area contributed by atoms with E-state index in [0.29, 0.717) is 48.1 Å². The van der Waals surface area contributed by atoms with E-state index in [1.54, 1.807) is 17.0 Å². The van der Waals surface area contributed by atoms with Crippen molar-refractivity contribution < 1.29 is 23.1 Å². The molecule has 186 valence electrons. The number of carbonyl (C=O) groups is 2. The minimum absolute atomic E-state index is 0.137. The number of fused-ring (bicyclic) bond motifs is 3. The van der Waals surface area contributed by atoms with Crippen LogP contribution in [0.15, 0.2) is 47.4 Å². The Balaban J connectivity index is 1.81. The number of amides is 1. The quantitative estimate of drug-likeness (QED) is 0.517. The van der Waals surface area contributed by atoms with Crippen LogP contribution in [0.3, 0.4) is 0 Å². The van der Waals surface area contributed by atoms with Crippen LogP contribution >= 0.6 is 0 Å². The summed E-state index contributed by atoms with van der Waals surface area (Å²) in [6, 6.07) is 9.03. The van der Waals surface area contributed by atoms with Crippen molar-refractivity contribution in [3.63, 3.8) is 0 Å². The number of rotatable bonds is 4. The standard InChI is InChI=1S/C27H25F2N3O4/c1-3-12-31-14-22(32-25(27(31)35)26(36-15(2)33)23(34)13-30-32)24-18-6-4-8-20(28)16(18)10-11-17-19(24)7-5-9-21(17)29/h4-9,13,22,24H,3,10-12,14H2,1-2H3/t22-/m1/s1. The summed E-state index contributed by atoms with van der Waals surface area (Å²) in [5, 5.41) is 4.29. The fourth-order valence-electron chi connectivity index (χ4n) is 5.48. The highest BCUT2D eigenvalue weighted by Crippen LogP contribution is 2.44. The van der Waals surface area contributed by atoms with Gasteiger partial charge < -0.3 is 9.64 Å². The average molecular weight is 494 g/mol. The molecule has 1 aliphatic carbocycles. The van der Waals surface area contributed by atoms with Gasteiger partial charge in [-0.15, -0.1) is 0 Å². The first kappa shape index (κ1) is 23.8. The molecule has 2 heterocycles. The molecule has 0 radical (unpaired) electrons. The molecule has 0 unspecified atom stereocenters. The van der Waals surface area contributed by atoms with Crippen molar-refractivity contribution in [3.8, 4) is 5.75 Å². The lowest BCUT2D eigenvalue weighted by Crippen LogP contribution is -2.47. The fraction of sp³-hybridized carbons (Fsp3) is 0.333. The van der Waals surface area contributed by atoms with Gasteiger partial charge in [0.1, 0.15) is 11.6 Å². The SMILES string of the molecule is CCCN1C[C@H](C2c3cccc(F)c3CCc3c(F)cccc32)n2ncc(=O)c(OC(C)=O)c2C1=O. The summed E-state index contributed by atoms with van der Waals surface area (Å²) in [6.45, 7) is 3.65. The number of nitrogens with zero attached hydrogens (tertiary/aromatic N) is 3. The Morgan fingerprint density at radius 1 is 1.06 bits per heavy atom. The number of benzene rings is 2. The van der Waals surface area contributed by atoms with Crippen LogP contribution in [0.25, 0.3) is 0 Å². The fourth-order valence-corrected chi connectivity index (χ4v) is 5.48. The van der Waals surface area contributed by atoms with E-state index >= 15 is 8.78 Å². The number of ether oxygens (including phenoxy) is 1. The topological polar surface area (TPSA) is 81.5 Å². The number of esters is 1. The summed E-state index contributed by atoms with van der Waals surface area (Å²) in [6.07, 6.45) is 2.29. The smallest absolute Gasteiger partial charge is 0.308 e. The van der Waals surface area contributed by atoms with Crippen molar-refractivity contribution >= 4 is 11.9 Å². The maximum atomic E-state index is 15.1. The summed E-state index contributed by atoms with van der Waals surface area (Å²) < 4.78 is 36.7. The lowest BCUT2D eigenvalue weighted by Gasteiger charge is -2.39. The van der Waals surface area contributed by atoms with Gasteiger partial charge in [-0.3, -0.25) is 19.1 Å². The molecule has 2 aliphatic rings. The minimum atomic E-state index is -0.743. The molecule has 9 heteroatoms. The van der Waals surface area contributed by atoms with Crippen molar-refractivity contribution in [1.82, 2.24) is 14.7 Å². The van der Waals surface area contributed by atoms with Crippen LogP contribution in [0, 0.1) is 11.6 Å². The highest BCUT2D eigenvalue weighted by atomic mass is 19.1. The van der Waals surface area contributed by atoms with Gasteiger partial charge in [0, 0.05) is 25.9 Å². The summed E-state index contributed by atoms with van der Waals surface area (Å²) in [4.78, 5) is 39.5. The van der Waals surface area contributed by atoms with Crippen molar-refractivity contribution in [2.75, 3.05) is 13.1 Å². The first-order chi connectivity index (χ1) is 17.3. The molecule has 1 amide bonds. The van der Waals surface area contributed by atoms with Crippen molar-refractivity contribution in [2.45, 2.75) is 45.1 Å². The van der Waals surface area contributed by atoms with Crippen LogP contribution in [0.2, 0.25) is 0 Å². The molecule has 36 heavy (non-hydrogen) atoms. The highest BCUT2D eigenvalue weighted by molar-refractivity contribution is 5.96. The number of hydrogen-bond acceptors (Lipinski definition) is 5. The molecule has 5 rings (SSSR count). The van der Waals surface area contributed by atoms with Crippen LogP contribution in [0.5, 0.6) is 5.75 Å². The summed E-state index contributed by atoms with van der Waals surface area (Å²) >= 11 is 0. The zero-order chi connectivity index (χ0) is 25.6. The van der Waals surface area contributed by atoms with Crippen molar-refractivity contribution in [3.05, 3.63) is 92.4 Å². The largest absolute Gasteiger partial charge is 0.420 e. The third-order valence-electron chi connectivity index (χ3n) is 6.91. The van der Waals surface area contributed by atoms with Gasteiger partial charge in [-0.1, -0.05) is 31.2 Å². The van der Waals surface area contributed by atoms with Crippen LogP contribution in [0.4, 0.5) is 8.78 Å². The van der Waals surface area contributed by atoms with E-state index in [9.17, 15) is 14.4 Å². The van der Waals surface area contributed by atoms with Gasteiger partial charge in [0.05, 0.1) is 12.2 Å². The molecule has 1 aromatic heterocycles. The van der Waals surface area contributed by atoms with E-state index in [0.717, 1.165) is 13.1 Å². The van der Waals surface area contributed by atoms with Gasteiger partial charge in [0.15, 0.2) is 5.69 Å². The van der Waals surface area contributed by atoms with Gasteiger partial charge in [0.25, 0.3) is 5.91 Å². The Morgan fingerprint density at radius 3 is 2.22 bits per heavy atom. The van der Waals surface area contributed by atoms with Crippen LogP contribution in [-0.2, 0) is 17.6 Å². The Kier molecular flexibility index (Phi) is 6.15. The maximum absolute atomic E-state index is 15.1.